The lowest BCUT2D eigenvalue weighted by Gasteiger charge is -2.08. The predicted molar refractivity (Wildman–Crippen MR) is 62.7 cm³/mol. The number of nitrogens with zero attached hydrogens (tertiary/aromatic N) is 2. The number of sulfone groups is 1. The summed E-state index contributed by atoms with van der Waals surface area (Å²) in [7, 11) is -2.22. The fourth-order valence-electron chi connectivity index (χ4n) is 1.31. The molecule has 0 saturated carbocycles. The molecule has 1 atom stereocenters. The van der Waals surface area contributed by atoms with Crippen LogP contribution in [0.5, 0.6) is 0 Å². The third kappa shape index (κ3) is 2.78. The molecule has 0 aliphatic carbocycles. The quantitative estimate of drug-likeness (QED) is 0.880. The number of carboxylic acid groups (broad SMARTS) is 1. The second-order valence-electron chi connectivity index (χ2n) is 3.76. The molecule has 0 radical (unpaired) electrons. The second kappa shape index (κ2) is 4.66. The summed E-state index contributed by atoms with van der Waals surface area (Å²) in [6.07, 6.45) is 0. The summed E-state index contributed by atoms with van der Waals surface area (Å²) in [5.41, 5.74) is 0.819. The van der Waals surface area contributed by atoms with Gasteiger partial charge in [0.2, 0.25) is 0 Å². The van der Waals surface area contributed by atoms with Crippen LogP contribution in [0, 0.1) is 6.92 Å². The maximum Gasteiger partial charge on any atom is 0.321 e. The van der Waals surface area contributed by atoms with Gasteiger partial charge in [-0.2, -0.15) is 5.10 Å². The Morgan fingerprint density at radius 1 is 1.59 bits per heavy atom. The summed E-state index contributed by atoms with van der Waals surface area (Å²) in [6, 6.07) is 0. The average molecular weight is 281 g/mol. The average Bonchev–Trinajstić information content (AvgIpc) is 2.43. The van der Waals surface area contributed by atoms with E-state index in [9.17, 15) is 13.2 Å². The summed E-state index contributed by atoms with van der Waals surface area (Å²) in [5, 5.41) is 11.5. The Balaban J connectivity index is 3.11. The van der Waals surface area contributed by atoms with Gasteiger partial charge < -0.3 is 5.11 Å². The molecule has 96 valence electrons. The highest BCUT2D eigenvalue weighted by molar-refractivity contribution is 7.91. The Hall–Kier alpha value is -1.08. The molecule has 1 rings (SSSR count). The van der Waals surface area contributed by atoms with E-state index in [1.165, 1.54) is 4.68 Å². The standard InChI is InChI=1S/C9H13ClN2O4S/c1-5-8(10)7(12(3)11-5)4-17(15,16)6(2)9(13)14/h6H,4H2,1-3H3,(H,13,14). The molecule has 17 heavy (non-hydrogen) atoms. The molecule has 0 bridgehead atoms. The maximum absolute atomic E-state index is 11.8. The molecular weight excluding hydrogens is 268 g/mol. The van der Waals surface area contributed by atoms with Gasteiger partial charge in [0.25, 0.3) is 0 Å². The third-order valence-corrected chi connectivity index (χ3v) is 4.93. The second-order valence-corrected chi connectivity index (χ2v) is 6.46. The van der Waals surface area contributed by atoms with Gasteiger partial charge >= 0.3 is 5.97 Å². The third-order valence-electron chi connectivity index (χ3n) is 2.49. The number of carbonyl (C=O) groups is 1. The molecule has 0 fully saturated rings. The lowest BCUT2D eigenvalue weighted by Crippen LogP contribution is -2.28. The zero-order valence-corrected chi connectivity index (χ0v) is 11.2. The SMILES string of the molecule is Cc1nn(C)c(CS(=O)(=O)C(C)C(=O)O)c1Cl. The molecule has 0 amide bonds. The highest BCUT2D eigenvalue weighted by atomic mass is 35.5. The molecule has 0 aromatic carbocycles. The molecular formula is C9H13ClN2O4S. The maximum atomic E-state index is 11.8. The lowest BCUT2D eigenvalue weighted by atomic mass is 10.4. The van der Waals surface area contributed by atoms with E-state index < -0.39 is 26.8 Å². The number of aromatic nitrogens is 2. The highest BCUT2D eigenvalue weighted by Crippen LogP contribution is 2.22. The smallest absolute Gasteiger partial charge is 0.321 e. The Labute approximate surface area is 104 Å². The first-order valence-corrected chi connectivity index (χ1v) is 6.88. The van der Waals surface area contributed by atoms with Crippen molar-refractivity contribution in [2.75, 3.05) is 0 Å². The van der Waals surface area contributed by atoms with Crippen molar-refractivity contribution in [1.82, 2.24) is 9.78 Å². The minimum atomic E-state index is -3.79. The Morgan fingerprint density at radius 2 is 2.12 bits per heavy atom. The van der Waals surface area contributed by atoms with Gasteiger partial charge in [-0.15, -0.1) is 0 Å². The van der Waals surface area contributed by atoms with E-state index in [0.29, 0.717) is 11.4 Å². The Bertz CT molecular complexity index is 550. The summed E-state index contributed by atoms with van der Waals surface area (Å²) in [6.45, 7) is 2.79. The number of aryl methyl sites for hydroxylation is 2. The van der Waals surface area contributed by atoms with Crippen LogP contribution in [0.3, 0.4) is 0 Å². The van der Waals surface area contributed by atoms with E-state index in [-0.39, 0.29) is 5.02 Å². The van der Waals surface area contributed by atoms with Gasteiger partial charge in [0, 0.05) is 7.05 Å². The van der Waals surface area contributed by atoms with Gasteiger partial charge in [0.15, 0.2) is 15.1 Å². The van der Waals surface area contributed by atoms with Crippen molar-refractivity contribution >= 4 is 27.4 Å². The fourth-order valence-corrected chi connectivity index (χ4v) is 2.88. The van der Waals surface area contributed by atoms with E-state index in [0.717, 1.165) is 6.92 Å². The number of halogens is 1. The molecule has 1 unspecified atom stereocenters. The monoisotopic (exact) mass is 280 g/mol. The number of hydrogen-bond donors (Lipinski definition) is 1. The van der Waals surface area contributed by atoms with Gasteiger partial charge in [0.05, 0.1) is 22.2 Å². The zero-order valence-electron chi connectivity index (χ0n) is 9.64. The van der Waals surface area contributed by atoms with E-state index in [1.54, 1.807) is 14.0 Å². The van der Waals surface area contributed by atoms with Crippen LogP contribution in [-0.2, 0) is 27.4 Å². The van der Waals surface area contributed by atoms with Crippen LogP contribution in [0.1, 0.15) is 18.3 Å². The number of carboxylic acids is 1. The zero-order chi connectivity index (χ0) is 13.4. The van der Waals surface area contributed by atoms with Crippen LogP contribution in [0.2, 0.25) is 5.02 Å². The van der Waals surface area contributed by atoms with Crippen molar-refractivity contribution in [3.05, 3.63) is 16.4 Å². The van der Waals surface area contributed by atoms with Crippen LogP contribution < -0.4 is 0 Å². The van der Waals surface area contributed by atoms with Crippen molar-refractivity contribution in [3.63, 3.8) is 0 Å². The molecule has 0 aliphatic rings. The normalized spacial score (nSPS) is 13.6. The minimum Gasteiger partial charge on any atom is -0.480 e. The topological polar surface area (TPSA) is 89.3 Å². The molecule has 1 aromatic heterocycles. The largest absolute Gasteiger partial charge is 0.480 e. The van der Waals surface area contributed by atoms with Crippen LogP contribution in [0.4, 0.5) is 0 Å². The van der Waals surface area contributed by atoms with E-state index in [1.807, 2.05) is 0 Å². The Kier molecular flexibility index (Phi) is 3.83. The van der Waals surface area contributed by atoms with Crippen LogP contribution >= 0.6 is 11.6 Å². The van der Waals surface area contributed by atoms with Gasteiger partial charge in [-0.1, -0.05) is 11.6 Å². The van der Waals surface area contributed by atoms with E-state index in [4.69, 9.17) is 16.7 Å². The first kappa shape index (κ1) is 14.0. The molecule has 1 heterocycles. The Morgan fingerprint density at radius 3 is 2.47 bits per heavy atom. The van der Waals surface area contributed by atoms with Gasteiger partial charge in [-0.05, 0) is 13.8 Å². The lowest BCUT2D eigenvalue weighted by molar-refractivity contribution is -0.136. The minimum absolute atomic E-state index is 0.258. The number of hydrogen-bond acceptors (Lipinski definition) is 4. The van der Waals surface area contributed by atoms with Gasteiger partial charge in [-0.3, -0.25) is 9.48 Å². The molecule has 1 aromatic rings. The number of aliphatic carboxylic acids is 1. The first-order valence-electron chi connectivity index (χ1n) is 4.79. The summed E-state index contributed by atoms with van der Waals surface area (Å²) in [5.74, 6) is -1.81. The summed E-state index contributed by atoms with van der Waals surface area (Å²) in [4.78, 5) is 10.7. The van der Waals surface area contributed by atoms with Crippen molar-refractivity contribution in [3.8, 4) is 0 Å². The van der Waals surface area contributed by atoms with Crippen molar-refractivity contribution < 1.29 is 18.3 Å². The van der Waals surface area contributed by atoms with Gasteiger partial charge in [0.1, 0.15) is 0 Å². The van der Waals surface area contributed by atoms with Gasteiger partial charge in [-0.25, -0.2) is 8.42 Å². The van der Waals surface area contributed by atoms with Crippen LogP contribution in [-0.4, -0.2) is 34.5 Å². The number of rotatable bonds is 4. The molecule has 8 heteroatoms. The first-order chi connectivity index (χ1) is 7.66. The van der Waals surface area contributed by atoms with Crippen LogP contribution in [0.15, 0.2) is 0 Å². The molecule has 6 nitrogen and oxygen atoms in total. The van der Waals surface area contributed by atoms with Crippen molar-refractivity contribution in [2.45, 2.75) is 24.9 Å². The van der Waals surface area contributed by atoms with Crippen molar-refractivity contribution in [2.24, 2.45) is 7.05 Å². The summed E-state index contributed by atoms with van der Waals surface area (Å²) >= 11 is 5.91. The molecule has 1 N–H and O–H groups in total. The van der Waals surface area contributed by atoms with Crippen LogP contribution in [0.25, 0.3) is 0 Å². The summed E-state index contributed by atoms with van der Waals surface area (Å²) < 4.78 is 24.9. The van der Waals surface area contributed by atoms with Crippen molar-refractivity contribution in [1.29, 1.82) is 0 Å². The molecule has 0 saturated heterocycles. The highest BCUT2D eigenvalue weighted by Gasteiger charge is 2.30. The van der Waals surface area contributed by atoms with E-state index in [2.05, 4.69) is 5.10 Å². The molecule has 0 spiro atoms. The predicted octanol–water partition coefficient (Wildman–Crippen LogP) is 0.770. The molecule has 0 aliphatic heterocycles. The fraction of sp³-hybridized carbons (Fsp3) is 0.556. The van der Waals surface area contributed by atoms with E-state index >= 15 is 0 Å².